The molecule has 0 aromatic rings. The van der Waals surface area contributed by atoms with Crippen molar-refractivity contribution >= 4 is 0 Å². The van der Waals surface area contributed by atoms with E-state index in [1.54, 1.807) is 0 Å². The maximum atomic E-state index is 9.45. The average Bonchev–Trinajstić information content (AvgIpc) is 2.12. The van der Waals surface area contributed by atoms with Gasteiger partial charge in [-0.25, -0.2) is 0 Å². The van der Waals surface area contributed by atoms with Gasteiger partial charge in [-0.2, -0.15) is 0 Å². The number of hydrogen-bond donors (Lipinski definition) is 5. The standard InChI is InChI=1S/C7H15NO5/c1-8-4-6(11)5(10)3(2-9)13-7(4)12/h3-12H,2H2,1H3/t3-,4-,5-,6-,7?/m1/s1. The van der Waals surface area contributed by atoms with Crippen molar-refractivity contribution in [3.05, 3.63) is 0 Å². The van der Waals surface area contributed by atoms with Gasteiger partial charge in [0.1, 0.15) is 18.3 Å². The summed E-state index contributed by atoms with van der Waals surface area (Å²) in [6.45, 7) is -0.439. The third-order valence-electron chi connectivity index (χ3n) is 2.23. The quantitative estimate of drug-likeness (QED) is 0.320. The van der Waals surface area contributed by atoms with Crippen molar-refractivity contribution in [2.24, 2.45) is 0 Å². The fourth-order valence-corrected chi connectivity index (χ4v) is 1.41. The van der Waals surface area contributed by atoms with Crippen molar-refractivity contribution in [3.8, 4) is 0 Å². The Labute approximate surface area is 75.8 Å². The van der Waals surface area contributed by atoms with Crippen LogP contribution in [0.3, 0.4) is 0 Å². The Morgan fingerprint density at radius 2 is 1.85 bits per heavy atom. The number of hydrogen-bond acceptors (Lipinski definition) is 6. The van der Waals surface area contributed by atoms with Gasteiger partial charge in [-0.3, -0.25) is 0 Å². The van der Waals surface area contributed by atoms with E-state index >= 15 is 0 Å². The molecule has 0 spiro atoms. The molecule has 5 atom stereocenters. The first-order chi connectivity index (χ1) is 6.11. The van der Waals surface area contributed by atoms with Gasteiger partial charge in [0.15, 0.2) is 6.29 Å². The van der Waals surface area contributed by atoms with E-state index in [4.69, 9.17) is 9.84 Å². The highest BCUT2D eigenvalue weighted by molar-refractivity contribution is 4.91. The van der Waals surface area contributed by atoms with Crippen LogP contribution in [0.5, 0.6) is 0 Å². The number of aliphatic hydroxyl groups is 4. The summed E-state index contributed by atoms with van der Waals surface area (Å²) in [5, 5.41) is 39.4. The second kappa shape index (κ2) is 4.32. The lowest BCUT2D eigenvalue weighted by Gasteiger charge is -2.39. The van der Waals surface area contributed by atoms with Crippen molar-refractivity contribution in [2.75, 3.05) is 13.7 Å². The van der Waals surface area contributed by atoms with Crippen LogP contribution in [0.2, 0.25) is 0 Å². The number of ether oxygens (including phenoxy) is 1. The molecule has 0 bridgehead atoms. The molecule has 0 saturated carbocycles. The van der Waals surface area contributed by atoms with Crippen molar-refractivity contribution in [1.29, 1.82) is 0 Å². The zero-order valence-electron chi connectivity index (χ0n) is 7.29. The third-order valence-corrected chi connectivity index (χ3v) is 2.23. The second-order valence-corrected chi connectivity index (χ2v) is 3.04. The Hall–Kier alpha value is -0.240. The molecule has 13 heavy (non-hydrogen) atoms. The smallest absolute Gasteiger partial charge is 0.173 e. The van der Waals surface area contributed by atoms with Crippen LogP contribution < -0.4 is 5.32 Å². The predicted octanol–water partition coefficient (Wildman–Crippen LogP) is -2.99. The summed E-state index contributed by atoms with van der Waals surface area (Å²) in [6, 6.07) is -0.738. The normalized spacial score (nSPS) is 46.4. The molecule has 1 aliphatic rings. The fourth-order valence-electron chi connectivity index (χ4n) is 1.41. The van der Waals surface area contributed by atoms with E-state index in [-0.39, 0.29) is 0 Å². The molecule has 1 fully saturated rings. The lowest BCUT2D eigenvalue weighted by atomic mass is 9.97. The Balaban J connectivity index is 2.66. The predicted molar refractivity (Wildman–Crippen MR) is 42.8 cm³/mol. The number of rotatable bonds is 2. The van der Waals surface area contributed by atoms with Crippen molar-refractivity contribution < 1.29 is 25.2 Å². The molecule has 78 valence electrons. The molecule has 6 heteroatoms. The van der Waals surface area contributed by atoms with Crippen LogP contribution in [0, 0.1) is 0 Å². The van der Waals surface area contributed by atoms with Crippen LogP contribution in [-0.4, -0.2) is 64.7 Å². The number of nitrogens with one attached hydrogen (secondary N) is 1. The topological polar surface area (TPSA) is 102 Å². The Morgan fingerprint density at radius 3 is 2.31 bits per heavy atom. The van der Waals surface area contributed by atoms with Gasteiger partial charge >= 0.3 is 0 Å². The maximum absolute atomic E-state index is 9.45. The molecule has 1 aliphatic heterocycles. The van der Waals surface area contributed by atoms with Crippen LogP contribution in [0.1, 0.15) is 0 Å². The minimum absolute atomic E-state index is 0.439. The first-order valence-electron chi connectivity index (χ1n) is 4.09. The summed E-state index contributed by atoms with van der Waals surface area (Å²) in [4.78, 5) is 0. The number of likely N-dealkylation sites (N-methyl/N-ethyl adjacent to an activating group) is 1. The minimum atomic E-state index is -1.22. The van der Waals surface area contributed by atoms with Gasteiger partial charge in [0.05, 0.1) is 12.6 Å². The molecule has 0 aromatic carbocycles. The molecule has 1 unspecified atom stereocenters. The van der Waals surface area contributed by atoms with Crippen molar-refractivity contribution in [1.82, 2.24) is 5.32 Å². The Morgan fingerprint density at radius 1 is 1.23 bits per heavy atom. The van der Waals surface area contributed by atoms with Crippen LogP contribution >= 0.6 is 0 Å². The van der Waals surface area contributed by atoms with Gasteiger partial charge in [0.2, 0.25) is 0 Å². The lowest BCUT2D eigenvalue weighted by Crippen LogP contribution is -2.62. The van der Waals surface area contributed by atoms with Gasteiger partial charge in [-0.15, -0.1) is 0 Å². The zero-order valence-corrected chi connectivity index (χ0v) is 7.29. The van der Waals surface area contributed by atoms with Crippen molar-refractivity contribution in [3.63, 3.8) is 0 Å². The first kappa shape index (κ1) is 10.8. The largest absolute Gasteiger partial charge is 0.394 e. The zero-order chi connectivity index (χ0) is 10.0. The summed E-state index contributed by atoms with van der Waals surface area (Å²) in [6.07, 6.45) is -4.49. The van der Waals surface area contributed by atoms with Gasteiger partial charge in [-0.1, -0.05) is 0 Å². The molecule has 6 nitrogen and oxygen atoms in total. The summed E-state index contributed by atoms with van der Waals surface area (Å²) >= 11 is 0. The molecule has 1 saturated heterocycles. The first-order valence-corrected chi connectivity index (χ1v) is 4.09. The van der Waals surface area contributed by atoms with E-state index in [9.17, 15) is 15.3 Å². The van der Waals surface area contributed by atoms with Gasteiger partial charge in [0.25, 0.3) is 0 Å². The fraction of sp³-hybridized carbons (Fsp3) is 1.00. The Bertz CT molecular complexity index is 167. The van der Waals surface area contributed by atoms with E-state index in [1.807, 2.05) is 0 Å². The van der Waals surface area contributed by atoms with Gasteiger partial charge < -0.3 is 30.5 Å². The molecular weight excluding hydrogens is 178 g/mol. The van der Waals surface area contributed by atoms with Crippen LogP contribution in [0.15, 0.2) is 0 Å². The van der Waals surface area contributed by atoms with E-state index in [0.717, 1.165) is 0 Å². The molecule has 1 heterocycles. The minimum Gasteiger partial charge on any atom is -0.394 e. The lowest BCUT2D eigenvalue weighted by molar-refractivity contribution is -0.253. The van der Waals surface area contributed by atoms with Crippen LogP contribution in [0.4, 0.5) is 0 Å². The summed E-state index contributed by atoms with van der Waals surface area (Å²) in [5.41, 5.74) is 0. The second-order valence-electron chi connectivity index (χ2n) is 3.04. The van der Waals surface area contributed by atoms with Crippen LogP contribution in [0.25, 0.3) is 0 Å². The monoisotopic (exact) mass is 193 g/mol. The van der Waals surface area contributed by atoms with Gasteiger partial charge in [0, 0.05) is 0 Å². The van der Waals surface area contributed by atoms with Crippen LogP contribution in [-0.2, 0) is 4.74 Å². The number of aliphatic hydroxyl groups excluding tert-OH is 4. The van der Waals surface area contributed by atoms with E-state index < -0.39 is 37.3 Å². The molecular formula is C7H15NO5. The highest BCUT2D eigenvalue weighted by Crippen LogP contribution is 2.18. The molecule has 0 radical (unpaired) electrons. The molecule has 0 amide bonds. The molecule has 5 N–H and O–H groups in total. The van der Waals surface area contributed by atoms with E-state index in [2.05, 4.69) is 5.32 Å². The molecule has 0 aromatic heterocycles. The summed E-state index contributed by atoms with van der Waals surface area (Å²) in [5.74, 6) is 0. The summed E-state index contributed by atoms with van der Waals surface area (Å²) in [7, 11) is 1.53. The highest BCUT2D eigenvalue weighted by atomic mass is 16.6. The third kappa shape index (κ3) is 1.98. The summed E-state index contributed by atoms with van der Waals surface area (Å²) < 4.78 is 4.85. The SMILES string of the molecule is CN[C@H]1C(O)O[C@H](CO)[C@@H](O)[C@@H]1O. The molecule has 0 aliphatic carbocycles. The van der Waals surface area contributed by atoms with E-state index in [1.165, 1.54) is 7.05 Å². The Kier molecular flexibility index (Phi) is 3.60. The highest BCUT2D eigenvalue weighted by Gasteiger charge is 2.42. The average molecular weight is 193 g/mol. The van der Waals surface area contributed by atoms with Crippen molar-refractivity contribution in [2.45, 2.75) is 30.6 Å². The van der Waals surface area contributed by atoms with E-state index in [0.29, 0.717) is 0 Å². The van der Waals surface area contributed by atoms with Gasteiger partial charge in [-0.05, 0) is 7.05 Å². The molecule has 1 rings (SSSR count). The maximum Gasteiger partial charge on any atom is 0.173 e.